The van der Waals surface area contributed by atoms with Gasteiger partial charge in [0, 0.05) is 43.9 Å². The molecule has 0 spiro atoms. The lowest BCUT2D eigenvalue weighted by Crippen LogP contribution is -2.38. The first kappa shape index (κ1) is 18.9. The van der Waals surface area contributed by atoms with Crippen molar-refractivity contribution in [1.82, 2.24) is 24.6 Å². The van der Waals surface area contributed by atoms with Crippen LogP contribution in [0, 0.1) is 0 Å². The van der Waals surface area contributed by atoms with Crippen LogP contribution in [0.5, 0.6) is 0 Å². The van der Waals surface area contributed by atoms with Crippen LogP contribution in [0.3, 0.4) is 0 Å². The van der Waals surface area contributed by atoms with E-state index in [-0.39, 0.29) is 37.0 Å². The predicted octanol–water partition coefficient (Wildman–Crippen LogP) is 0.924. The fourth-order valence-electron chi connectivity index (χ4n) is 3.85. The molecule has 150 valence electrons. The lowest BCUT2D eigenvalue weighted by atomic mass is 10.1. The van der Waals surface area contributed by atoms with Crippen LogP contribution in [0.2, 0.25) is 0 Å². The first-order chi connectivity index (χ1) is 13.6. The van der Waals surface area contributed by atoms with Crippen molar-refractivity contribution in [2.75, 3.05) is 13.1 Å². The number of thiophene rings is 1. The van der Waals surface area contributed by atoms with Crippen LogP contribution in [0.25, 0.3) is 0 Å². The van der Waals surface area contributed by atoms with Gasteiger partial charge in [-0.05, 0) is 36.3 Å². The highest BCUT2D eigenvalue weighted by Crippen LogP contribution is 2.24. The third kappa shape index (κ3) is 4.04. The molecule has 0 saturated heterocycles. The minimum absolute atomic E-state index is 0.0445. The third-order valence-corrected chi connectivity index (χ3v) is 6.42. The Bertz CT molecular complexity index is 928. The Morgan fingerprint density at radius 3 is 2.96 bits per heavy atom. The molecule has 2 aromatic rings. The van der Waals surface area contributed by atoms with Crippen molar-refractivity contribution in [1.29, 1.82) is 0 Å². The largest absolute Gasteiger partial charge is 0.354 e. The molecule has 2 aliphatic heterocycles. The maximum atomic E-state index is 12.4. The quantitative estimate of drug-likeness (QED) is 0.804. The summed E-state index contributed by atoms with van der Waals surface area (Å²) >= 11 is 1.74. The van der Waals surface area contributed by atoms with Gasteiger partial charge in [0.1, 0.15) is 12.4 Å². The molecule has 2 aromatic heterocycles. The molecule has 4 heterocycles. The summed E-state index contributed by atoms with van der Waals surface area (Å²) in [6, 6.07) is 2.07. The summed E-state index contributed by atoms with van der Waals surface area (Å²) < 4.78 is 2.92. The van der Waals surface area contributed by atoms with Crippen molar-refractivity contribution in [3.05, 3.63) is 38.2 Å². The van der Waals surface area contributed by atoms with Crippen LogP contribution >= 0.6 is 11.3 Å². The summed E-state index contributed by atoms with van der Waals surface area (Å²) in [6.07, 6.45) is 5.03. The number of rotatable bonds is 5. The predicted molar refractivity (Wildman–Crippen MR) is 105 cm³/mol. The fourth-order valence-corrected chi connectivity index (χ4v) is 4.74. The zero-order valence-electron chi connectivity index (χ0n) is 15.9. The number of nitrogens with zero attached hydrogens (tertiary/aromatic N) is 4. The van der Waals surface area contributed by atoms with Crippen LogP contribution in [0.1, 0.15) is 41.9 Å². The molecule has 2 amide bonds. The minimum Gasteiger partial charge on any atom is -0.354 e. The number of carbonyl (C=O) groups excluding carboxylic acids is 2. The van der Waals surface area contributed by atoms with E-state index in [1.165, 1.54) is 15.1 Å². The van der Waals surface area contributed by atoms with Gasteiger partial charge in [-0.25, -0.2) is 9.48 Å². The van der Waals surface area contributed by atoms with Gasteiger partial charge in [-0.3, -0.25) is 14.2 Å². The van der Waals surface area contributed by atoms with Crippen LogP contribution in [0.15, 0.2) is 16.2 Å². The second-order valence-electron chi connectivity index (χ2n) is 7.35. The summed E-state index contributed by atoms with van der Waals surface area (Å²) in [5, 5.41) is 9.12. The number of amides is 2. The third-order valence-electron chi connectivity index (χ3n) is 5.40. The summed E-state index contributed by atoms with van der Waals surface area (Å²) in [4.78, 5) is 40.2. The maximum Gasteiger partial charge on any atom is 0.346 e. The van der Waals surface area contributed by atoms with Gasteiger partial charge >= 0.3 is 5.69 Å². The Labute approximate surface area is 167 Å². The maximum absolute atomic E-state index is 12.4. The SMILES string of the molecule is O=C(Cn1nc2n(c1=O)CCCCC2)NCCC(=O)N1CCc2sccc2C1. The van der Waals surface area contributed by atoms with Crippen LogP contribution in [-0.4, -0.2) is 44.2 Å². The first-order valence-corrected chi connectivity index (χ1v) is 10.8. The van der Waals surface area contributed by atoms with Crippen LogP contribution < -0.4 is 11.0 Å². The standard InChI is InChI=1S/C19H25N5O3S/c25-17(13-24-19(27)23-9-3-1-2-4-16(23)21-24)20-8-5-18(26)22-10-6-15-14(12-22)7-11-28-15/h7,11H,1-6,8-10,12-13H2,(H,20,25). The average molecular weight is 404 g/mol. The van der Waals surface area contributed by atoms with Gasteiger partial charge in [0.15, 0.2) is 0 Å². The Hall–Kier alpha value is -2.42. The lowest BCUT2D eigenvalue weighted by molar-refractivity contribution is -0.132. The van der Waals surface area contributed by atoms with Gasteiger partial charge in [0.05, 0.1) is 0 Å². The normalized spacial score (nSPS) is 16.2. The average Bonchev–Trinajstić information content (AvgIpc) is 3.18. The molecule has 0 aliphatic carbocycles. The second kappa shape index (κ2) is 8.30. The molecule has 8 nitrogen and oxygen atoms in total. The van der Waals surface area contributed by atoms with E-state index in [4.69, 9.17) is 0 Å². The van der Waals surface area contributed by atoms with E-state index in [9.17, 15) is 14.4 Å². The molecule has 0 saturated carbocycles. The van der Waals surface area contributed by atoms with E-state index in [1.54, 1.807) is 15.9 Å². The van der Waals surface area contributed by atoms with Crippen molar-refractivity contribution in [2.45, 2.75) is 58.2 Å². The Balaban J connectivity index is 1.25. The number of hydrogen-bond donors (Lipinski definition) is 1. The highest BCUT2D eigenvalue weighted by atomic mass is 32.1. The zero-order chi connectivity index (χ0) is 19.5. The molecule has 2 aliphatic rings. The highest BCUT2D eigenvalue weighted by Gasteiger charge is 2.21. The molecule has 0 aromatic carbocycles. The van der Waals surface area contributed by atoms with Crippen molar-refractivity contribution >= 4 is 23.2 Å². The summed E-state index contributed by atoms with van der Waals surface area (Å²) in [6.45, 7) is 2.23. The number of nitrogens with one attached hydrogen (secondary N) is 1. The zero-order valence-corrected chi connectivity index (χ0v) is 16.7. The van der Waals surface area contributed by atoms with E-state index in [1.807, 2.05) is 4.90 Å². The van der Waals surface area contributed by atoms with E-state index in [0.717, 1.165) is 44.5 Å². The van der Waals surface area contributed by atoms with Gasteiger partial charge in [0.2, 0.25) is 11.8 Å². The first-order valence-electron chi connectivity index (χ1n) is 9.88. The summed E-state index contributed by atoms with van der Waals surface area (Å²) in [7, 11) is 0. The van der Waals surface area contributed by atoms with Gasteiger partial charge in [0.25, 0.3) is 0 Å². The van der Waals surface area contributed by atoms with E-state index < -0.39 is 0 Å². The number of aryl methyl sites for hydroxylation is 1. The molecule has 28 heavy (non-hydrogen) atoms. The lowest BCUT2D eigenvalue weighted by Gasteiger charge is -2.27. The smallest absolute Gasteiger partial charge is 0.346 e. The van der Waals surface area contributed by atoms with Crippen LogP contribution in [-0.2, 0) is 42.1 Å². The van der Waals surface area contributed by atoms with Crippen LogP contribution in [0.4, 0.5) is 0 Å². The fraction of sp³-hybridized carbons (Fsp3) is 0.579. The Kier molecular flexibility index (Phi) is 5.61. The number of fused-ring (bicyclic) bond motifs is 2. The van der Waals surface area contributed by atoms with Gasteiger partial charge in [-0.1, -0.05) is 6.42 Å². The van der Waals surface area contributed by atoms with Gasteiger partial charge in [-0.2, -0.15) is 5.10 Å². The van der Waals surface area contributed by atoms with E-state index in [0.29, 0.717) is 13.1 Å². The van der Waals surface area contributed by atoms with Crippen molar-refractivity contribution < 1.29 is 9.59 Å². The molecule has 0 fully saturated rings. The molecule has 9 heteroatoms. The van der Waals surface area contributed by atoms with E-state index >= 15 is 0 Å². The summed E-state index contributed by atoms with van der Waals surface area (Å²) in [5.41, 5.74) is 1.01. The molecular formula is C19H25N5O3S. The summed E-state index contributed by atoms with van der Waals surface area (Å²) in [5.74, 6) is 0.522. The van der Waals surface area contributed by atoms with Crippen molar-refractivity contribution in [2.24, 2.45) is 0 Å². The molecule has 0 bridgehead atoms. The minimum atomic E-state index is -0.290. The van der Waals surface area contributed by atoms with Gasteiger partial charge in [-0.15, -0.1) is 11.3 Å². The molecule has 0 unspecified atom stereocenters. The second-order valence-corrected chi connectivity index (χ2v) is 8.35. The number of hydrogen-bond acceptors (Lipinski definition) is 5. The molecule has 4 rings (SSSR count). The molecular weight excluding hydrogens is 378 g/mol. The number of aromatic nitrogens is 3. The van der Waals surface area contributed by atoms with E-state index in [2.05, 4.69) is 21.9 Å². The Morgan fingerprint density at radius 2 is 2.07 bits per heavy atom. The number of carbonyl (C=O) groups is 2. The van der Waals surface area contributed by atoms with Gasteiger partial charge < -0.3 is 10.2 Å². The molecule has 0 radical (unpaired) electrons. The highest BCUT2D eigenvalue weighted by molar-refractivity contribution is 7.10. The topological polar surface area (TPSA) is 89.2 Å². The monoisotopic (exact) mass is 403 g/mol. The van der Waals surface area contributed by atoms with Crippen molar-refractivity contribution in [3.8, 4) is 0 Å². The molecule has 0 atom stereocenters. The Morgan fingerprint density at radius 1 is 1.18 bits per heavy atom. The molecule has 1 N–H and O–H groups in total. The van der Waals surface area contributed by atoms with Crippen molar-refractivity contribution in [3.63, 3.8) is 0 Å².